The van der Waals surface area contributed by atoms with Gasteiger partial charge in [0.05, 0.1) is 6.54 Å². The molecule has 1 rings (SSSR count). The van der Waals surface area contributed by atoms with Crippen LogP contribution >= 0.6 is 0 Å². The van der Waals surface area contributed by atoms with Gasteiger partial charge in [-0.1, -0.05) is 13.8 Å². The third-order valence-corrected chi connectivity index (χ3v) is 2.38. The summed E-state index contributed by atoms with van der Waals surface area (Å²) in [5, 5.41) is 2.90. The minimum absolute atomic E-state index is 0.118. The van der Waals surface area contributed by atoms with Crippen LogP contribution in [0.1, 0.15) is 20.3 Å². The van der Waals surface area contributed by atoms with E-state index in [0.29, 0.717) is 12.5 Å². The molecule has 1 fully saturated rings. The zero-order valence-corrected chi connectivity index (χ0v) is 9.12. The van der Waals surface area contributed by atoms with E-state index in [1.165, 1.54) is 0 Å². The average Bonchev–Trinajstić information content (AvgIpc) is 2.48. The van der Waals surface area contributed by atoms with Gasteiger partial charge in [-0.3, -0.25) is 9.69 Å². The molecule has 0 aromatic carbocycles. The maximum absolute atomic E-state index is 11.4. The number of nitrogens with one attached hydrogen (secondary N) is 1. The molecule has 4 heteroatoms. The maximum atomic E-state index is 11.4. The van der Waals surface area contributed by atoms with Crippen molar-refractivity contribution in [3.8, 4) is 0 Å². The van der Waals surface area contributed by atoms with Crippen LogP contribution in [0.25, 0.3) is 0 Å². The van der Waals surface area contributed by atoms with Crippen LogP contribution in [0.2, 0.25) is 0 Å². The fourth-order valence-electron chi connectivity index (χ4n) is 1.58. The van der Waals surface area contributed by atoms with Crippen molar-refractivity contribution in [1.29, 1.82) is 0 Å². The van der Waals surface area contributed by atoms with Crippen molar-refractivity contribution in [2.45, 2.75) is 26.3 Å². The van der Waals surface area contributed by atoms with Gasteiger partial charge in [-0.15, -0.1) is 0 Å². The van der Waals surface area contributed by atoms with Gasteiger partial charge in [0.15, 0.2) is 0 Å². The van der Waals surface area contributed by atoms with Crippen LogP contribution in [-0.4, -0.2) is 43.0 Å². The molecule has 82 valence electrons. The Labute approximate surface area is 85.8 Å². The predicted octanol–water partition coefficient (Wildman–Crippen LogP) is -0.208. The van der Waals surface area contributed by atoms with Crippen molar-refractivity contribution in [1.82, 2.24) is 10.2 Å². The Morgan fingerprint density at radius 3 is 2.86 bits per heavy atom. The molecule has 1 atom stereocenters. The Kier molecular flexibility index (Phi) is 4.35. The standard InChI is InChI=1S/C10H21N3O/c1-8(2)5-12-10(14)7-13-4-3-9(11)6-13/h8-9H,3-7,11H2,1-2H3,(H,12,14)/t9-/m0/s1. The molecule has 0 aliphatic carbocycles. The van der Waals surface area contributed by atoms with Crippen LogP contribution in [-0.2, 0) is 4.79 Å². The molecule has 0 aromatic heterocycles. The quantitative estimate of drug-likeness (QED) is 0.659. The summed E-state index contributed by atoms with van der Waals surface area (Å²) in [5.74, 6) is 0.632. The van der Waals surface area contributed by atoms with Crippen molar-refractivity contribution in [2.75, 3.05) is 26.2 Å². The highest BCUT2D eigenvalue weighted by Gasteiger charge is 2.20. The van der Waals surface area contributed by atoms with E-state index in [2.05, 4.69) is 24.1 Å². The number of rotatable bonds is 4. The number of carbonyl (C=O) groups is 1. The van der Waals surface area contributed by atoms with E-state index in [9.17, 15) is 4.79 Å². The predicted molar refractivity (Wildman–Crippen MR) is 56.9 cm³/mol. The number of amides is 1. The molecule has 0 bridgehead atoms. The van der Waals surface area contributed by atoms with E-state index in [1.54, 1.807) is 0 Å². The lowest BCUT2D eigenvalue weighted by atomic mass is 10.2. The second-order valence-electron chi connectivity index (χ2n) is 4.48. The van der Waals surface area contributed by atoms with E-state index in [-0.39, 0.29) is 11.9 Å². The lowest BCUT2D eigenvalue weighted by Gasteiger charge is -2.15. The van der Waals surface area contributed by atoms with Crippen LogP contribution in [0, 0.1) is 5.92 Å². The van der Waals surface area contributed by atoms with Crippen molar-refractivity contribution in [2.24, 2.45) is 11.7 Å². The molecule has 1 saturated heterocycles. The largest absolute Gasteiger partial charge is 0.355 e. The number of nitrogens with zero attached hydrogens (tertiary/aromatic N) is 1. The van der Waals surface area contributed by atoms with Crippen LogP contribution < -0.4 is 11.1 Å². The monoisotopic (exact) mass is 199 g/mol. The maximum Gasteiger partial charge on any atom is 0.234 e. The van der Waals surface area contributed by atoms with Gasteiger partial charge in [-0.2, -0.15) is 0 Å². The highest BCUT2D eigenvalue weighted by molar-refractivity contribution is 5.78. The Balaban J connectivity index is 2.14. The molecule has 0 unspecified atom stereocenters. The Morgan fingerprint density at radius 2 is 2.36 bits per heavy atom. The highest BCUT2D eigenvalue weighted by Crippen LogP contribution is 2.05. The average molecular weight is 199 g/mol. The summed E-state index contributed by atoms with van der Waals surface area (Å²) in [4.78, 5) is 13.5. The number of nitrogens with two attached hydrogens (primary N) is 1. The van der Waals surface area contributed by atoms with E-state index >= 15 is 0 Å². The molecule has 1 aliphatic rings. The highest BCUT2D eigenvalue weighted by atomic mass is 16.2. The number of hydrogen-bond donors (Lipinski definition) is 2. The molecule has 1 heterocycles. The van der Waals surface area contributed by atoms with Gasteiger partial charge in [0.25, 0.3) is 0 Å². The number of hydrogen-bond acceptors (Lipinski definition) is 3. The number of likely N-dealkylation sites (tertiary alicyclic amines) is 1. The topological polar surface area (TPSA) is 58.4 Å². The summed E-state index contributed by atoms with van der Waals surface area (Å²) in [7, 11) is 0. The van der Waals surface area contributed by atoms with Crippen molar-refractivity contribution in [3.05, 3.63) is 0 Å². The fourth-order valence-corrected chi connectivity index (χ4v) is 1.58. The van der Waals surface area contributed by atoms with Crippen molar-refractivity contribution in [3.63, 3.8) is 0 Å². The first-order valence-corrected chi connectivity index (χ1v) is 5.32. The summed E-state index contributed by atoms with van der Waals surface area (Å²) < 4.78 is 0. The van der Waals surface area contributed by atoms with Gasteiger partial charge >= 0.3 is 0 Å². The van der Waals surface area contributed by atoms with Gasteiger partial charge in [0, 0.05) is 25.7 Å². The second-order valence-corrected chi connectivity index (χ2v) is 4.48. The fraction of sp³-hybridized carbons (Fsp3) is 0.900. The van der Waals surface area contributed by atoms with E-state index in [4.69, 9.17) is 5.73 Å². The molecule has 1 amide bonds. The van der Waals surface area contributed by atoms with Gasteiger partial charge in [-0.05, 0) is 12.3 Å². The summed E-state index contributed by atoms with van der Waals surface area (Å²) in [6.45, 7) is 7.25. The molecule has 14 heavy (non-hydrogen) atoms. The van der Waals surface area contributed by atoms with E-state index in [0.717, 1.165) is 26.1 Å². The van der Waals surface area contributed by atoms with Gasteiger partial charge in [0.1, 0.15) is 0 Å². The van der Waals surface area contributed by atoms with Crippen molar-refractivity contribution < 1.29 is 4.79 Å². The molecule has 0 saturated carbocycles. The summed E-state index contributed by atoms with van der Waals surface area (Å²) in [6.07, 6.45) is 1.01. The Morgan fingerprint density at radius 1 is 1.64 bits per heavy atom. The number of carbonyl (C=O) groups excluding carboxylic acids is 1. The van der Waals surface area contributed by atoms with Crippen LogP contribution in [0.15, 0.2) is 0 Å². The third-order valence-electron chi connectivity index (χ3n) is 2.38. The Bertz CT molecular complexity index is 194. The van der Waals surface area contributed by atoms with Crippen molar-refractivity contribution >= 4 is 5.91 Å². The summed E-state index contributed by atoms with van der Waals surface area (Å²) in [5.41, 5.74) is 5.75. The zero-order valence-electron chi connectivity index (χ0n) is 9.12. The van der Waals surface area contributed by atoms with Gasteiger partial charge < -0.3 is 11.1 Å². The van der Waals surface area contributed by atoms with E-state index < -0.39 is 0 Å². The van der Waals surface area contributed by atoms with E-state index in [1.807, 2.05) is 0 Å². The zero-order chi connectivity index (χ0) is 10.6. The molecule has 0 spiro atoms. The molecule has 1 aliphatic heterocycles. The second kappa shape index (κ2) is 5.32. The Hall–Kier alpha value is -0.610. The first kappa shape index (κ1) is 11.5. The molecular weight excluding hydrogens is 178 g/mol. The molecular formula is C10H21N3O. The third kappa shape index (κ3) is 4.07. The lowest BCUT2D eigenvalue weighted by molar-refractivity contribution is -0.122. The van der Waals surface area contributed by atoms with Gasteiger partial charge in [-0.25, -0.2) is 0 Å². The molecule has 0 aromatic rings. The summed E-state index contributed by atoms with van der Waals surface area (Å²) in [6, 6.07) is 0.257. The minimum Gasteiger partial charge on any atom is -0.355 e. The molecule has 4 nitrogen and oxygen atoms in total. The first-order valence-electron chi connectivity index (χ1n) is 5.32. The summed E-state index contributed by atoms with van der Waals surface area (Å²) >= 11 is 0. The normalized spacial score (nSPS) is 23.0. The smallest absolute Gasteiger partial charge is 0.234 e. The van der Waals surface area contributed by atoms with Crippen LogP contribution in [0.4, 0.5) is 0 Å². The first-order chi connectivity index (χ1) is 6.58. The SMILES string of the molecule is CC(C)CNC(=O)CN1CC[C@H](N)C1. The van der Waals surface area contributed by atoms with Crippen LogP contribution in [0.5, 0.6) is 0 Å². The minimum atomic E-state index is 0.118. The molecule has 3 N–H and O–H groups in total. The van der Waals surface area contributed by atoms with Crippen LogP contribution in [0.3, 0.4) is 0 Å². The van der Waals surface area contributed by atoms with Gasteiger partial charge in [0.2, 0.25) is 5.91 Å². The molecule has 0 radical (unpaired) electrons. The lowest BCUT2D eigenvalue weighted by Crippen LogP contribution is -2.38.